The molecule has 0 unspecified atom stereocenters. The summed E-state index contributed by atoms with van der Waals surface area (Å²) in [6.07, 6.45) is 4.22. The minimum atomic E-state index is -0.347. The fourth-order valence-corrected chi connectivity index (χ4v) is 2.68. The third-order valence-corrected chi connectivity index (χ3v) is 3.91. The number of hydrogen-bond donors (Lipinski definition) is 0. The molecule has 100 valence electrons. The predicted molar refractivity (Wildman–Crippen MR) is 73.5 cm³/mol. The van der Waals surface area contributed by atoms with Gasteiger partial charge in [-0.1, -0.05) is 51.1 Å². The first kappa shape index (κ1) is 13.6. The second-order valence-corrected chi connectivity index (χ2v) is 5.03. The molecule has 0 aromatic heterocycles. The van der Waals surface area contributed by atoms with E-state index in [4.69, 9.17) is 9.47 Å². The average molecular weight is 248 g/mol. The van der Waals surface area contributed by atoms with Crippen LogP contribution in [0, 0.1) is 0 Å². The molecule has 2 rings (SSSR count). The highest BCUT2D eigenvalue weighted by Gasteiger charge is 2.44. The van der Waals surface area contributed by atoms with Crippen molar-refractivity contribution in [3.05, 3.63) is 35.9 Å². The number of benzene rings is 1. The standard InChI is InChI=1S/C16H24O2/c1-4-14-15(12-13-10-8-7-9-11-13)18-16(5-2,6-3)17-14/h7-11,14-15H,4-6,12H2,1-3H3/t14-,15-/m1/s1. The van der Waals surface area contributed by atoms with Crippen molar-refractivity contribution >= 4 is 0 Å². The largest absolute Gasteiger partial charge is 0.344 e. The zero-order valence-corrected chi connectivity index (χ0v) is 11.7. The summed E-state index contributed by atoms with van der Waals surface area (Å²) in [5, 5.41) is 0. The van der Waals surface area contributed by atoms with Crippen molar-refractivity contribution in [3.8, 4) is 0 Å². The van der Waals surface area contributed by atoms with E-state index in [0.29, 0.717) is 0 Å². The first-order valence-corrected chi connectivity index (χ1v) is 7.12. The molecule has 1 aromatic rings. The molecule has 1 heterocycles. The van der Waals surface area contributed by atoms with Gasteiger partial charge >= 0.3 is 0 Å². The van der Waals surface area contributed by atoms with Crippen LogP contribution in [-0.4, -0.2) is 18.0 Å². The van der Waals surface area contributed by atoms with Crippen LogP contribution < -0.4 is 0 Å². The summed E-state index contributed by atoms with van der Waals surface area (Å²) in [4.78, 5) is 0. The molecule has 0 saturated carbocycles. The Bertz CT molecular complexity index is 357. The maximum Gasteiger partial charge on any atom is 0.168 e. The smallest absolute Gasteiger partial charge is 0.168 e. The summed E-state index contributed by atoms with van der Waals surface area (Å²) >= 11 is 0. The molecule has 2 heteroatoms. The van der Waals surface area contributed by atoms with Crippen LogP contribution in [0.3, 0.4) is 0 Å². The fourth-order valence-electron chi connectivity index (χ4n) is 2.68. The van der Waals surface area contributed by atoms with Crippen molar-refractivity contribution in [1.82, 2.24) is 0 Å². The average Bonchev–Trinajstić information content (AvgIpc) is 2.79. The Labute approximate surface area is 110 Å². The quantitative estimate of drug-likeness (QED) is 0.785. The molecule has 1 aromatic carbocycles. The van der Waals surface area contributed by atoms with Crippen molar-refractivity contribution in [1.29, 1.82) is 0 Å². The molecule has 0 amide bonds. The first-order chi connectivity index (χ1) is 8.73. The van der Waals surface area contributed by atoms with Crippen molar-refractivity contribution in [2.45, 2.75) is 64.4 Å². The van der Waals surface area contributed by atoms with E-state index < -0.39 is 0 Å². The van der Waals surface area contributed by atoms with Crippen LogP contribution in [0.4, 0.5) is 0 Å². The summed E-state index contributed by atoms with van der Waals surface area (Å²) in [7, 11) is 0. The van der Waals surface area contributed by atoms with E-state index in [-0.39, 0.29) is 18.0 Å². The van der Waals surface area contributed by atoms with Crippen molar-refractivity contribution in [2.75, 3.05) is 0 Å². The molecule has 0 radical (unpaired) electrons. The highest BCUT2D eigenvalue weighted by Crippen LogP contribution is 2.36. The van der Waals surface area contributed by atoms with Gasteiger partial charge < -0.3 is 9.47 Å². The second kappa shape index (κ2) is 5.85. The van der Waals surface area contributed by atoms with Gasteiger partial charge in [0.05, 0.1) is 12.2 Å². The molecular weight excluding hydrogens is 224 g/mol. The SMILES string of the molecule is CC[C@H]1OC(CC)(CC)O[C@@H]1Cc1ccccc1. The van der Waals surface area contributed by atoms with Gasteiger partial charge in [0.2, 0.25) is 0 Å². The molecule has 0 N–H and O–H groups in total. The summed E-state index contributed by atoms with van der Waals surface area (Å²) in [6.45, 7) is 6.45. The Morgan fingerprint density at radius 1 is 0.944 bits per heavy atom. The second-order valence-electron chi connectivity index (χ2n) is 5.03. The summed E-state index contributed by atoms with van der Waals surface area (Å²) in [5.74, 6) is -0.347. The van der Waals surface area contributed by atoms with Crippen LogP contribution in [0.15, 0.2) is 30.3 Å². The van der Waals surface area contributed by atoms with Gasteiger partial charge in [-0.15, -0.1) is 0 Å². The molecule has 1 fully saturated rings. The van der Waals surface area contributed by atoms with Crippen LogP contribution >= 0.6 is 0 Å². The van der Waals surface area contributed by atoms with E-state index >= 15 is 0 Å². The Hall–Kier alpha value is -0.860. The lowest BCUT2D eigenvalue weighted by Crippen LogP contribution is -2.29. The molecular formula is C16H24O2. The molecule has 2 atom stereocenters. The Morgan fingerprint density at radius 2 is 1.56 bits per heavy atom. The highest BCUT2D eigenvalue weighted by atomic mass is 16.8. The Balaban J connectivity index is 2.08. The minimum absolute atomic E-state index is 0.192. The van der Waals surface area contributed by atoms with Crippen molar-refractivity contribution in [2.24, 2.45) is 0 Å². The molecule has 1 saturated heterocycles. The lowest BCUT2D eigenvalue weighted by atomic mass is 10.0. The maximum atomic E-state index is 6.23. The number of ether oxygens (including phenoxy) is 2. The van der Waals surface area contributed by atoms with Crippen LogP contribution in [-0.2, 0) is 15.9 Å². The van der Waals surface area contributed by atoms with E-state index in [1.165, 1.54) is 5.56 Å². The number of rotatable bonds is 5. The van der Waals surface area contributed by atoms with Crippen molar-refractivity contribution in [3.63, 3.8) is 0 Å². The van der Waals surface area contributed by atoms with Gasteiger partial charge in [-0.25, -0.2) is 0 Å². The molecule has 1 aliphatic rings. The molecule has 2 nitrogen and oxygen atoms in total. The molecule has 0 spiro atoms. The van der Waals surface area contributed by atoms with Gasteiger partial charge in [-0.3, -0.25) is 0 Å². The lowest BCUT2D eigenvalue weighted by molar-refractivity contribution is -0.179. The summed E-state index contributed by atoms with van der Waals surface area (Å²) in [6, 6.07) is 10.5. The van der Waals surface area contributed by atoms with E-state index in [0.717, 1.165) is 25.7 Å². The van der Waals surface area contributed by atoms with Crippen LogP contribution in [0.1, 0.15) is 45.6 Å². The van der Waals surface area contributed by atoms with Gasteiger partial charge in [0, 0.05) is 6.42 Å². The Kier molecular flexibility index (Phi) is 4.41. The lowest BCUT2D eigenvalue weighted by Gasteiger charge is -2.25. The van der Waals surface area contributed by atoms with Crippen LogP contribution in [0.25, 0.3) is 0 Å². The van der Waals surface area contributed by atoms with E-state index in [9.17, 15) is 0 Å². The Morgan fingerprint density at radius 3 is 2.11 bits per heavy atom. The zero-order chi connectivity index (χ0) is 13.0. The third-order valence-electron chi connectivity index (χ3n) is 3.91. The van der Waals surface area contributed by atoms with Gasteiger partial charge in [0.1, 0.15) is 0 Å². The molecule has 1 aliphatic heterocycles. The monoisotopic (exact) mass is 248 g/mol. The molecule has 0 aliphatic carbocycles. The summed E-state index contributed by atoms with van der Waals surface area (Å²) in [5.41, 5.74) is 1.33. The first-order valence-electron chi connectivity index (χ1n) is 7.12. The minimum Gasteiger partial charge on any atom is -0.344 e. The van der Waals surface area contributed by atoms with Gasteiger partial charge in [0.15, 0.2) is 5.79 Å². The van der Waals surface area contributed by atoms with Gasteiger partial charge in [-0.2, -0.15) is 0 Å². The third kappa shape index (κ3) is 2.76. The van der Waals surface area contributed by atoms with E-state index in [2.05, 4.69) is 51.1 Å². The number of hydrogen-bond acceptors (Lipinski definition) is 2. The predicted octanol–water partition coefficient (Wildman–Crippen LogP) is 3.94. The van der Waals surface area contributed by atoms with Crippen molar-refractivity contribution < 1.29 is 9.47 Å². The highest BCUT2D eigenvalue weighted by molar-refractivity contribution is 5.16. The fraction of sp³-hybridized carbons (Fsp3) is 0.625. The van der Waals surface area contributed by atoms with E-state index in [1.54, 1.807) is 0 Å². The normalized spacial score (nSPS) is 26.4. The van der Waals surface area contributed by atoms with Crippen LogP contribution in [0.2, 0.25) is 0 Å². The van der Waals surface area contributed by atoms with Gasteiger partial charge in [0.25, 0.3) is 0 Å². The maximum absolute atomic E-state index is 6.23. The molecule has 0 bridgehead atoms. The van der Waals surface area contributed by atoms with Gasteiger partial charge in [-0.05, 0) is 24.8 Å². The summed E-state index contributed by atoms with van der Waals surface area (Å²) < 4.78 is 12.4. The zero-order valence-electron chi connectivity index (χ0n) is 11.7. The van der Waals surface area contributed by atoms with Crippen LogP contribution in [0.5, 0.6) is 0 Å². The molecule has 18 heavy (non-hydrogen) atoms. The van der Waals surface area contributed by atoms with E-state index in [1.807, 2.05) is 0 Å². The topological polar surface area (TPSA) is 18.5 Å².